The van der Waals surface area contributed by atoms with Gasteiger partial charge in [-0.1, -0.05) is 13.8 Å². The van der Waals surface area contributed by atoms with E-state index < -0.39 is 0 Å². The highest BCUT2D eigenvalue weighted by Crippen LogP contribution is 2.30. The molecule has 0 aliphatic carbocycles. The van der Waals surface area contributed by atoms with Crippen LogP contribution in [0.25, 0.3) is 0 Å². The minimum atomic E-state index is 0.0954. The zero-order valence-electron chi connectivity index (χ0n) is 11.2. The van der Waals surface area contributed by atoms with Gasteiger partial charge in [0, 0.05) is 17.1 Å². The van der Waals surface area contributed by atoms with E-state index in [1.807, 2.05) is 5.38 Å². The predicted octanol–water partition coefficient (Wildman–Crippen LogP) is 2.52. The molecule has 2 aromatic heterocycles. The fourth-order valence-corrected chi connectivity index (χ4v) is 2.53. The second-order valence-electron chi connectivity index (χ2n) is 4.52. The third-order valence-electron chi connectivity index (χ3n) is 2.77. The summed E-state index contributed by atoms with van der Waals surface area (Å²) < 4.78 is 0. The number of nitrogens with two attached hydrogens (primary N) is 1. The van der Waals surface area contributed by atoms with Gasteiger partial charge in [-0.05, 0) is 12.8 Å². The molecule has 1 unspecified atom stereocenters. The van der Waals surface area contributed by atoms with Crippen LogP contribution in [0.15, 0.2) is 17.9 Å². The van der Waals surface area contributed by atoms with Crippen LogP contribution >= 0.6 is 11.3 Å². The van der Waals surface area contributed by atoms with Gasteiger partial charge in [-0.25, -0.2) is 20.8 Å². The van der Waals surface area contributed by atoms with Gasteiger partial charge < -0.3 is 10.7 Å². The molecular formula is C12H18N6S. The van der Waals surface area contributed by atoms with Crippen LogP contribution in [0.4, 0.5) is 11.6 Å². The fraction of sp³-hybridized carbons (Fsp3) is 0.417. The summed E-state index contributed by atoms with van der Waals surface area (Å²) in [6.07, 6.45) is 3.30. The highest BCUT2D eigenvalue weighted by atomic mass is 32.1. The van der Waals surface area contributed by atoms with Gasteiger partial charge in [0.2, 0.25) is 0 Å². The average Bonchev–Trinajstić information content (AvgIpc) is 2.92. The summed E-state index contributed by atoms with van der Waals surface area (Å²) in [5.74, 6) is 7.21. The average molecular weight is 278 g/mol. The van der Waals surface area contributed by atoms with Crippen LogP contribution in [0.2, 0.25) is 0 Å². The Labute approximate surface area is 116 Å². The van der Waals surface area contributed by atoms with Crippen molar-refractivity contribution in [3.8, 4) is 0 Å². The Morgan fingerprint density at radius 1 is 1.16 bits per heavy atom. The number of hydrazine groups is 1. The monoisotopic (exact) mass is 278 g/mol. The Morgan fingerprint density at radius 3 is 2.47 bits per heavy atom. The van der Waals surface area contributed by atoms with Crippen LogP contribution in [0.1, 0.15) is 43.3 Å². The number of thiazole rings is 1. The minimum absolute atomic E-state index is 0.0954. The van der Waals surface area contributed by atoms with E-state index in [2.05, 4.69) is 46.5 Å². The molecule has 2 heterocycles. The minimum Gasteiger partial charge on any atom is -0.361 e. The van der Waals surface area contributed by atoms with Gasteiger partial charge in [0.15, 0.2) is 0 Å². The maximum absolute atomic E-state index is 5.50. The van der Waals surface area contributed by atoms with E-state index in [-0.39, 0.29) is 12.0 Å². The van der Waals surface area contributed by atoms with Crippen molar-refractivity contribution < 1.29 is 0 Å². The second kappa shape index (κ2) is 5.94. The molecule has 0 saturated carbocycles. The van der Waals surface area contributed by atoms with Gasteiger partial charge in [0.1, 0.15) is 23.0 Å². The van der Waals surface area contributed by atoms with Crippen LogP contribution in [-0.4, -0.2) is 15.0 Å². The topological polar surface area (TPSA) is 88.8 Å². The molecule has 102 valence electrons. The lowest BCUT2D eigenvalue weighted by atomic mass is 10.0. The highest BCUT2D eigenvalue weighted by molar-refractivity contribution is 7.09. The van der Waals surface area contributed by atoms with Crippen molar-refractivity contribution in [2.75, 3.05) is 10.7 Å². The Bertz CT molecular complexity index is 525. The van der Waals surface area contributed by atoms with Gasteiger partial charge in [-0.2, -0.15) is 0 Å². The van der Waals surface area contributed by atoms with Crippen LogP contribution in [0, 0.1) is 0 Å². The van der Waals surface area contributed by atoms with Crippen LogP contribution in [0.5, 0.6) is 0 Å². The zero-order valence-corrected chi connectivity index (χ0v) is 12.0. The first-order valence-corrected chi connectivity index (χ1v) is 6.98. The molecule has 0 saturated heterocycles. The smallest absolute Gasteiger partial charge is 0.148 e. The van der Waals surface area contributed by atoms with Gasteiger partial charge in [-0.3, -0.25) is 0 Å². The Balaban J connectivity index is 2.29. The number of hydrogen-bond donors (Lipinski definition) is 3. The van der Waals surface area contributed by atoms with Crippen LogP contribution < -0.4 is 16.6 Å². The molecule has 0 spiro atoms. The summed E-state index contributed by atoms with van der Waals surface area (Å²) in [6, 6.07) is 0.0954. The molecule has 2 rings (SSSR count). The van der Waals surface area contributed by atoms with Crippen molar-refractivity contribution in [2.24, 2.45) is 5.84 Å². The lowest BCUT2D eigenvalue weighted by molar-refractivity contribution is 0.815. The largest absolute Gasteiger partial charge is 0.361 e. The summed E-state index contributed by atoms with van der Waals surface area (Å²) in [6.45, 7) is 6.22. The van der Waals surface area contributed by atoms with E-state index in [0.717, 1.165) is 16.4 Å². The molecule has 0 aliphatic heterocycles. The zero-order chi connectivity index (χ0) is 13.8. The van der Waals surface area contributed by atoms with Crippen molar-refractivity contribution in [1.29, 1.82) is 0 Å². The van der Waals surface area contributed by atoms with Crippen molar-refractivity contribution in [3.63, 3.8) is 0 Å². The van der Waals surface area contributed by atoms with Gasteiger partial charge in [0.05, 0.1) is 6.04 Å². The quantitative estimate of drug-likeness (QED) is 0.575. The molecule has 6 nitrogen and oxygen atoms in total. The van der Waals surface area contributed by atoms with E-state index in [0.29, 0.717) is 5.82 Å². The Kier molecular flexibility index (Phi) is 4.28. The van der Waals surface area contributed by atoms with E-state index >= 15 is 0 Å². The summed E-state index contributed by atoms with van der Waals surface area (Å²) in [7, 11) is 0. The molecule has 0 bridgehead atoms. The number of nitrogens with one attached hydrogen (secondary N) is 2. The molecule has 0 radical (unpaired) electrons. The lowest BCUT2D eigenvalue weighted by Gasteiger charge is -2.19. The Morgan fingerprint density at radius 2 is 1.89 bits per heavy atom. The summed E-state index contributed by atoms with van der Waals surface area (Å²) in [4.78, 5) is 12.8. The third-order valence-corrected chi connectivity index (χ3v) is 3.73. The van der Waals surface area contributed by atoms with Crippen molar-refractivity contribution in [2.45, 2.75) is 32.7 Å². The predicted molar refractivity (Wildman–Crippen MR) is 78.1 cm³/mol. The number of aromatic nitrogens is 3. The number of nitrogens with zero attached hydrogens (tertiary/aromatic N) is 3. The first kappa shape index (κ1) is 13.7. The van der Waals surface area contributed by atoms with Gasteiger partial charge in [-0.15, -0.1) is 11.3 Å². The molecule has 7 heteroatoms. The van der Waals surface area contributed by atoms with E-state index in [4.69, 9.17) is 5.84 Å². The van der Waals surface area contributed by atoms with Crippen LogP contribution in [-0.2, 0) is 0 Å². The normalized spacial score (nSPS) is 12.5. The number of hydrogen-bond acceptors (Lipinski definition) is 7. The molecular weight excluding hydrogens is 260 g/mol. The maximum atomic E-state index is 5.50. The molecule has 0 aromatic carbocycles. The number of rotatable bonds is 5. The first-order valence-electron chi connectivity index (χ1n) is 6.11. The molecule has 2 aromatic rings. The van der Waals surface area contributed by atoms with Crippen molar-refractivity contribution in [3.05, 3.63) is 28.5 Å². The molecule has 1 atom stereocenters. The second-order valence-corrected chi connectivity index (χ2v) is 5.45. The fourth-order valence-electron chi connectivity index (χ4n) is 1.89. The summed E-state index contributed by atoms with van der Waals surface area (Å²) >= 11 is 1.62. The summed E-state index contributed by atoms with van der Waals surface area (Å²) in [5.41, 5.74) is 3.60. The molecule has 0 fully saturated rings. The molecule has 0 amide bonds. The van der Waals surface area contributed by atoms with Crippen LogP contribution in [0.3, 0.4) is 0 Å². The number of nitrogen functional groups attached to an aromatic ring is 1. The standard InChI is InChI=1S/C12H18N6S/c1-7(2)9-10(15-6-16-11(9)18-13)17-8(3)12-14-4-5-19-12/h4-8H,13H2,1-3H3,(H2,15,16,17,18). The third kappa shape index (κ3) is 2.99. The lowest BCUT2D eigenvalue weighted by Crippen LogP contribution is -2.16. The van der Waals surface area contributed by atoms with E-state index in [1.165, 1.54) is 6.33 Å². The highest BCUT2D eigenvalue weighted by Gasteiger charge is 2.17. The SMILES string of the molecule is CC(C)c1c(NN)ncnc1NC(C)c1nccs1. The van der Waals surface area contributed by atoms with Gasteiger partial charge >= 0.3 is 0 Å². The summed E-state index contributed by atoms with van der Waals surface area (Å²) in [5, 5.41) is 6.36. The van der Waals surface area contributed by atoms with E-state index in [1.54, 1.807) is 17.5 Å². The first-order chi connectivity index (χ1) is 9.13. The van der Waals surface area contributed by atoms with Crippen molar-refractivity contribution >= 4 is 23.0 Å². The maximum Gasteiger partial charge on any atom is 0.148 e. The number of anilines is 2. The Hall–Kier alpha value is -1.73. The van der Waals surface area contributed by atoms with Gasteiger partial charge in [0.25, 0.3) is 0 Å². The molecule has 4 N–H and O–H groups in total. The molecule has 19 heavy (non-hydrogen) atoms. The van der Waals surface area contributed by atoms with Crippen molar-refractivity contribution in [1.82, 2.24) is 15.0 Å². The molecule has 0 aliphatic rings. The van der Waals surface area contributed by atoms with E-state index in [9.17, 15) is 0 Å².